The van der Waals surface area contributed by atoms with Crippen molar-refractivity contribution in [1.82, 2.24) is 8.97 Å². The third-order valence-electron chi connectivity index (χ3n) is 10.5. The van der Waals surface area contributed by atoms with E-state index in [1.54, 1.807) is 0 Å². The van der Waals surface area contributed by atoms with Gasteiger partial charge in [-0.2, -0.15) is 0 Å². The van der Waals surface area contributed by atoms with E-state index in [-0.39, 0.29) is 12.1 Å². The molecule has 44 heavy (non-hydrogen) atoms. The van der Waals surface area contributed by atoms with Gasteiger partial charge in [-0.15, -0.1) is 0 Å². The predicted octanol–water partition coefficient (Wildman–Crippen LogP) is 8.17. The van der Waals surface area contributed by atoms with Gasteiger partial charge in [0.15, 0.2) is 0 Å². The van der Waals surface area contributed by atoms with Crippen LogP contribution in [0.3, 0.4) is 0 Å². The van der Waals surface area contributed by atoms with Gasteiger partial charge in [0.1, 0.15) is 11.5 Å². The van der Waals surface area contributed by atoms with Crippen LogP contribution < -0.4 is 21.1 Å². The summed E-state index contributed by atoms with van der Waals surface area (Å²) in [5, 5.41) is 7.90. The number of para-hydroxylation sites is 3. The maximum atomic E-state index is 6.57. The van der Waals surface area contributed by atoms with Crippen LogP contribution in [0, 0.1) is 0 Å². The van der Waals surface area contributed by atoms with Crippen LogP contribution in [0.2, 0.25) is 0 Å². The molecule has 9 aromatic rings. The lowest BCUT2D eigenvalue weighted by Gasteiger charge is -2.33. The van der Waals surface area contributed by atoms with Crippen molar-refractivity contribution < 1.29 is 4.74 Å². The normalized spacial score (nSPS) is 13.9. The first-order valence-electron chi connectivity index (χ1n) is 15.6. The van der Waals surface area contributed by atoms with Gasteiger partial charge in [-0.3, -0.25) is 0 Å². The number of benzene rings is 6. The molecule has 0 radical (unpaired) electrons. The van der Waals surface area contributed by atoms with E-state index >= 15 is 0 Å². The molecule has 0 atom stereocenters. The van der Waals surface area contributed by atoms with Gasteiger partial charge in [-0.1, -0.05) is 93.6 Å². The average Bonchev–Trinajstić information content (AvgIpc) is 3.68. The monoisotopic (exact) mass is 562 g/mol. The molecule has 206 valence electrons. The van der Waals surface area contributed by atoms with Crippen molar-refractivity contribution in [3.63, 3.8) is 0 Å². The minimum Gasteiger partial charge on any atom is -0.458 e. The van der Waals surface area contributed by atoms with Crippen molar-refractivity contribution in [3.05, 3.63) is 115 Å². The second-order valence-electron chi connectivity index (χ2n) is 13.7. The highest BCUT2D eigenvalue weighted by Crippen LogP contribution is 2.46. The third-order valence-corrected chi connectivity index (χ3v) is 10.5. The van der Waals surface area contributed by atoms with E-state index < -0.39 is 0 Å². The lowest BCUT2D eigenvalue weighted by molar-refractivity contribution is 0.487. The summed E-state index contributed by atoms with van der Waals surface area (Å²) in [6.45, 7) is 7.02. The van der Waals surface area contributed by atoms with Crippen molar-refractivity contribution in [2.75, 3.05) is 0 Å². The van der Waals surface area contributed by atoms with Gasteiger partial charge >= 0.3 is 0 Å². The van der Waals surface area contributed by atoms with E-state index in [2.05, 4.69) is 139 Å². The molecule has 4 heteroatoms. The van der Waals surface area contributed by atoms with E-state index in [1.807, 2.05) is 0 Å². The predicted molar refractivity (Wildman–Crippen MR) is 185 cm³/mol. The topological polar surface area (TPSA) is 18.6 Å². The molecule has 11 rings (SSSR count). The van der Waals surface area contributed by atoms with E-state index in [9.17, 15) is 0 Å². The number of nitrogens with zero attached hydrogens (tertiary/aromatic N) is 2. The van der Waals surface area contributed by atoms with Crippen LogP contribution in [0.25, 0.3) is 65.6 Å². The summed E-state index contributed by atoms with van der Waals surface area (Å²) < 4.78 is 11.6. The first kappa shape index (κ1) is 23.3. The summed E-state index contributed by atoms with van der Waals surface area (Å²) >= 11 is 0. The van der Waals surface area contributed by atoms with E-state index in [4.69, 9.17) is 4.74 Å². The van der Waals surface area contributed by atoms with Crippen molar-refractivity contribution in [2.45, 2.75) is 26.2 Å². The quantitative estimate of drug-likeness (QED) is 0.171. The molecule has 3 nitrogen and oxygen atoms in total. The van der Waals surface area contributed by atoms with Gasteiger partial charge in [-0.05, 0) is 63.8 Å². The SMILES string of the molecule is CC(C)(C)c1ccc2c(c1)c1cccc3c4c5c(ccc4n2c13)c1cccc2c1n5-c1cccc3c1B2c1ccccc1O3. The van der Waals surface area contributed by atoms with Crippen LogP contribution in [0.4, 0.5) is 0 Å². The Labute approximate surface area is 254 Å². The fourth-order valence-corrected chi connectivity index (χ4v) is 8.60. The highest BCUT2D eigenvalue weighted by molar-refractivity contribution is 6.99. The Morgan fingerprint density at radius 2 is 1.27 bits per heavy atom. The van der Waals surface area contributed by atoms with Gasteiger partial charge in [0.25, 0.3) is 6.71 Å². The third kappa shape index (κ3) is 2.55. The molecule has 5 heterocycles. The first-order valence-corrected chi connectivity index (χ1v) is 15.6. The summed E-state index contributed by atoms with van der Waals surface area (Å²) in [7, 11) is 0. The molecule has 0 spiro atoms. The molecule has 0 amide bonds. The molecular formula is C40H27BN2O. The van der Waals surface area contributed by atoms with Crippen LogP contribution in [0.5, 0.6) is 11.5 Å². The number of ether oxygens (including phenoxy) is 1. The van der Waals surface area contributed by atoms with Crippen LogP contribution in [0.15, 0.2) is 109 Å². The van der Waals surface area contributed by atoms with Gasteiger partial charge in [0.2, 0.25) is 0 Å². The number of hydrogen-bond donors (Lipinski definition) is 0. The zero-order valence-electron chi connectivity index (χ0n) is 24.8. The highest BCUT2D eigenvalue weighted by atomic mass is 16.5. The number of aromatic nitrogens is 2. The minimum atomic E-state index is 0.0950. The number of rotatable bonds is 0. The Balaban J connectivity index is 1.35. The summed E-state index contributed by atoms with van der Waals surface area (Å²) in [6, 6.07) is 40.6. The first-order chi connectivity index (χ1) is 21.5. The maximum absolute atomic E-state index is 6.57. The molecule has 6 aromatic carbocycles. The lowest BCUT2D eigenvalue weighted by Crippen LogP contribution is -2.58. The fourth-order valence-electron chi connectivity index (χ4n) is 8.60. The lowest BCUT2D eigenvalue weighted by atomic mass is 9.34. The summed E-state index contributed by atoms with van der Waals surface area (Å²) in [5.74, 6) is 1.91. The van der Waals surface area contributed by atoms with Crippen molar-refractivity contribution >= 4 is 83.0 Å². The van der Waals surface area contributed by atoms with Gasteiger partial charge in [0, 0.05) is 43.5 Å². The molecule has 0 aliphatic carbocycles. The van der Waals surface area contributed by atoms with Gasteiger partial charge in [0.05, 0.1) is 22.1 Å². The van der Waals surface area contributed by atoms with Gasteiger partial charge in [-0.25, -0.2) is 0 Å². The largest absolute Gasteiger partial charge is 0.458 e. The van der Waals surface area contributed by atoms with E-state index in [1.165, 1.54) is 87.5 Å². The van der Waals surface area contributed by atoms with E-state index in [0.717, 1.165) is 11.5 Å². The average molecular weight is 562 g/mol. The molecule has 2 aliphatic rings. The molecule has 3 aromatic heterocycles. The van der Waals surface area contributed by atoms with Crippen molar-refractivity contribution in [2.24, 2.45) is 0 Å². The second-order valence-corrected chi connectivity index (χ2v) is 13.7. The van der Waals surface area contributed by atoms with Crippen LogP contribution >= 0.6 is 0 Å². The molecule has 2 aliphatic heterocycles. The van der Waals surface area contributed by atoms with Crippen LogP contribution in [0.1, 0.15) is 26.3 Å². The molecule has 0 bridgehead atoms. The summed E-state index contributed by atoms with van der Waals surface area (Å²) in [4.78, 5) is 0. The molecule has 0 saturated carbocycles. The molecular weight excluding hydrogens is 535 g/mol. The standard InChI is InChI=1S/C40H27BN2O/c1-40(2,3)22-17-19-30-27(21-22)24-9-6-11-26-35-31(42(30)37(24)26)20-18-25-23-10-7-13-29-38(23)43(39(25)35)32-14-8-16-34-36(32)41(29)28-12-4-5-15-33(28)44-34/h4-21H,1-3H3. The zero-order chi connectivity index (χ0) is 29.1. The van der Waals surface area contributed by atoms with Gasteiger partial charge < -0.3 is 13.7 Å². The summed E-state index contributed by atoms with van der Waals surface area (Å²) in [5.41, 5.74) is 13.0. The smallest absolute Gasteiger partial charge is 0.256 e. The van der Waals surface area contributed by atoms with E-state index in [0.29, 0.717) is 0 Å². The molecule has 0 fully saturated rings. The maximum Gasteiger partial charge on any atom is 0.256 e. The molecule has 0 saturated heterocycles. The molecule has 0 unspecified atom stereocenters. The van der Waals surface area contributed by atoms with Crippen LogP contribution in [-0.4, -0.2) is 15.7 Å². The Kier molecular flexibility index (Phi) is 3.94. The van der Waals surface area contributed by atoms with Crippen molar-refractivity contribution in [1.29, 1.82) is 0 Å². The Morgan fingerprint density at radius 3 is 2.16 bits per heavy atom. The van der Waals surface area contributed by atoms with Crippen molar-refractivity contribution in [3.8, 4) is 17.2 Å². The Hall–Kier alpha value is -5.22. The Morgan fingerprint density at radius 1 is 0.568 bits per heavy atom. The molecule has 0 N–H and O–H groups in total. The fraction of sp³-hybridized carbons (Fsp3) is 0.100. The summed E-state index contributed by atoms with van der Waals surface area (Å²) in [6.07, 6.45) is 0. The van der Waals surface area contributed by atoms with Crippen LogP contribution in [-0.2, 0) is 5.41 Å². The Bertz CT molecular complexity index is 2740. The second kappa shape index (κ2) is 7.46. The zero-order valence-corrected chi connectivity index (χ0v) is 24.8. The number of hydrogen-bond acceptors (Lipinski definition) is 1. The highest BCUT2D eigenvalue weighted by Gasteiger charge is 2.40. The minimum absolute atomic E-state index is 0.0950. The number of fused-ring (bicyclic) bond motifs is 14.